The third-order valence-electron chi connectivity index (χ3n) is 3.66. The van der Waals surface area contributed by atoms with Crippen molar-refractivity contribution in [3.05, 3.63) is 29.3 Å². The van der Waals surface area contributed by atoms with Crippen LogP contribution in [-0.2, 0) is 11.3 Å². The fraction of sp³-hybridized carbons (Fsp3) is 0.529. The van der Waals surface area contributed by atoms with Crippen LogP contribution >= 0.6 is 0 Å². The number of methoxy groups -OCH3 is 1. The average molecular weight is 273 g/mol. The van der Waals surface area contributed by atoms with Gasteiger partial charge in [-0.15, -0.1) is 0 Å². The number of ether oxygens (including phenoxy) is 2. The molecular formula is C17H23NO2. The molecule has 0 amide bonds. The highest BCUT2D eigenvalue weighted by molar-refractivity contribution is 5.45. The summed E-state index contributed by atoms with van der Waals surface area (Å²) in [7, 11) is 1.67. The van der Waals surface area contributed by atoms with E-state index < -0.39 is 0 Å². The Labute approximate surface area is 121 Å². The van der Waals surface area contributed by atoms with Gasteiger partial charge in [0.2, 0.25) is 0 Å². The predicted octanol–water partition coefficient (Wildman–Crippen LogP) is 2.85. The molecule has 0 spiro atoms. The summed E-state index contributed by atoms with van der Waals surface area (Å²) in [6.07, 6.45) is 6.64. The van der Waals surface area contributed by atoms with E-state index in [4.69, 9.17) is 15.2 Å². The molecule has 1 aromatic rings. The highest BCUT2D eigenvalue weighted by Gasteiger charge is 2.14. The molecule has 3 nitrogen and oxygen atoms in total. The SMILES string of the molecule is COc1ccc(C#CCN)c(COC2CCCCC2)c1. The molecule has 0 bridgehead atoms. The van der Waals surface area contributed by atoms with E-state index in [9.17, 15) is 0 Å². The van der Waals surface area contributed by atoms with Gasteiger partial charge in [0.1, 0.15) is 5.75 Å². The number of hydrogen-bond donors (Lipinski definition) is 1. The van der Waals surface area contributed by atoms with Crippen LogP contribution < -0.4 is 10.5 Å². The first-order chi connectivity index (χ1) is 9.83. The summed E-state index contributed by atoms with van der Waals surface area (Å²) in [5, 5.41) is 0. The van der Waals surface area contributed by atoms with Gasteiger partial charge in [-0.25, -0.2) is 0 Å². The standard InChI is InChI=1S/C17H23NO2/c1-19-17-10-9-14(6-5-11-18)15(12-17)13-20-16-7-3-2-4-8-16/h9-10,12,16H,2-4,7-8,11,13,18H2,1H3. The minimum Gasteiger partial charge on any atom is -0.497 e. The second kappa shape index (κ2) is 7.94. The van der Waals surface area contributed by atoms with Crippen LogP contribution in [0.5, 0.6) is 5.75 Å². The van der Waals surface area contributed by atoms with Crippen molar-refractivity contribution in [2.24, 2.45) is 5.73 Å². The van der Waals surface area contributed by atoms with E-state index in [1.807, 2.05) is 18.2 Å². The third kappa shape index (κ3) is 4.26. The summed E-state index contributed by atoms with van der Waals surface area (Å²) < 4.78 is 11.3. The van der Waals surface area contributed by atoms with Crippen LogP contribution in [0.15, 0.2) is 18.2 Å². The van der Waals surface area contributed by atoms with Crippen molar-refractivity contribution in [3.8, 4) is 17.6 Å². The zero-order chi connectivity index (χ0) is 14.2. The van der Waals surface area contributed by atoms with E-state index in [0.29, 0.717) is 19.3 Å². The van der Waals surface area contributed by atoms with Crippen LogP contribution in [0.25, 0.3) is 0 Å². The maximum Gasteiger partial charge on any atom is 0.119 e. The number of benzene rings is 1. The van der Waals surface area contributed by atoms with Gasteiger partial charge in [0.05, 0.1) is 26.4 Å². The van der Waals surface area contributed by atoms with Gasteiger partial charge < -0.3 is 15.2 Å². The first-order valence-corrected chi connectivity index (χ1v) is 7.31. The highest BCUT2D eigenvalue weighted by atomic mass is 16.5. The van der Waals surface area contributed by atoms with Gasteiger partial charge in [-0.2, -0.15) is 0 Å². The molecule has 3 heteroatoms. The van der Waals surface area contributed by atoms with Crippen LogP contribution in [-0.4, -0.2) is 19.8 Å². The third-order valence-corrected chi connectivity index (χ3v) is 3.66. The predicted molar refractivity (Wildman–Crippen MR) is 80.6 cm³/mol. The van der Waals surface area contributed by atoms with Crippen LogP contribution in [0.3, 0.4) is 0 Å². The lowest BCUT2D eigenvalue weighted by Crippen LogP contribution is -2.16. The molecule has 0 aromatic heterocycles. The van der Waals surface area contributed by atoms with Crippen LogP contribution in [0.1, 0.15) is 43.2 Å². The molecule has 20 heavy (non-hydrogen) atoms. The molecule has 0 unspecified atom stereocenters. The van der Waals surface area contributed by atoms with Crippen molar-refractivity contribution in [3.63, 3.8) is 0 Å². The number of nitrogens with two attached hydrogens (primary N) is 1. The van der Waals surface area contributed by atoms with E-state index in [1.54, 1.807) is 7.11 Å². The summed E-state index contributed by atoms with van der Waals surface area (Å²) in [6.45, 7) is 0.964. The molecule has 2 N–H and O–H groups in total. The Bertz CT molecular complexity index is 481. The number of hydrogen-bond acceptors (Lipinski definition) is 3. The molecule has 0 radical (unpaired) electrons. The molecule has 1 aromatic carbocycles. The Morgan fingerprint density at radius 3 is 2.75 bits per heavy atom. The fourth-order valence-corrected chi connectivity index (χ4v) is 2.52. The number of rotatable bonds is 4. The van der Waals surface area contributed by atoms with Gasteiger partial charge in [-0.1, -0.05) is 31.1 Å². The van der Waals surface area contributed by atoms with Gasteiger partial charge in [0, 0.05) is 5.56 Å². The molecule has 1 saturated carbocycles. The first-order valence-electron chi connectivity index (χ1n) is 7.31. The van der Waals surface area contributed by atoms with Gasteiger partial charge in [0.25, 0.3) is 0 Å². The molecule has 1 aliphatic rings. The van der Waals surface area contributed by atoms with E-state index in [-0.39, 0.29) is 0 Å². The summed E-state index contributed by atoms with van der Waals surface area (Å²) in [4.78, 5) is 0. The Morgan fingerprint density at radius 1 is 1.25 bits per heavy atom. The zero-order valence-corrected chi connectivity index (χ0v) is 12.2. The van der Waals surface area contributed by atoms with Crippen molar-refractivity contribution in [2.75, 3.05) is 13.7 Å². The summed E-state index contributed by atoms with van der Waals surface area (Å²) >= 11 is 0. The Kier molecular flexibility index (Phi) is 5.91. The van der Waals surface area contributed by atoms with Crippen LogP contribution in [0.4, 0.5) is 0 Å². The van der Waals surface area contributed by atoms with Gasteiger partial charge in [-0.05, 0) is 36.6 Å². The zero-order valence-electron chi connectivity index (χ0n) is 12.2. The van der Waals surface area contributed by atoms with Gasteiger partial charge in [0.15, 0.2) is 0 Å². The largest absolute Gasteiger partial charge is 0.497 e. The summed E-state index contributed by atoms with van der Waals surface area (Å²) in [6, 6.07) is 5.90. The Morgan fingerprint density at radius 2 is 2.05 bits per heavy atom. The van der Waals surface area contributed by atoms with Crippen molar-refractivity contribution in [1.29, 1.82) is 0 Å². The molecule has 108 valence electrons. The average Bonchev–Trinajstić information content (AvgIpc) is 2.52. The monoisotopic (exact) mass is 273 g/mol. The smallest absolute Gasteiger partial charge is 0.119 e. The van der Waals surface area contributed by atoms with Crippen molar-refractivity contribution < 1.29 is 9.47 Å². The van der Waals surface area contributed by atoms with Crippen molar-refractivity contribution in [2.45, 2.75) is 44.8 Å². The maximum atomic E-state index is 6.03. The second-order valence-electron chi connectivity index (χ2n) is 5.10. The van der Waals surface area contributed by atoms with Crippen LogP contribution in [0.2, 0.25) is 0 Å². The Hall–Kier alpha value is -1.50. The minimum absolute atomic E-state index is 0.370. The van der Waals surface area contributed by atoms with E-state index in [0.717, 1.165) is 16.9 Å². The Balaban J connectivity index is 2.06. The maximum absolute atomic E-state index is 6.03. The van der Waals surface area contributed by atoms with E-state index in [2.05, 4.69) is 11.8 Å². The normalized spacial score (nSPS) is 15.5. The topological polar surface area (TPSA) is 44.5 Å². The quantitative estimate of drug-likeness (QED) is 0.858. The second-order valence-corrected chi connectivity index (χ2v) is 5.10. The summed E-state index contributed by atoms with van der Waals surface area (Å²) in [5.74, 6) is 6.84. The molecule has 1 fully saturated rings. The van der Waals surface area contributed by atoms with E-state index >= 15 is 0 Å². The molecule has 1 aliphatic carbocycles. The minimum atomic E-state index is 0.370. The lowest BCUT2D eigenvalue weighted by atomic mass is 9.98. The van der Waals surface area contributed by atoms with Gasteiger partial charge >= 0.3 is 0 Å². The summed E-state index contributed by atoms with van der Waals surface area (Å²) in [5.41, 5.74) is 7.50. The molecular weight excluding hydrogens is 250 g/mol. The lowest BCUT2D eigenvalue weighted by molar-refractivity contribution is 0.0167. The molecule has 0 heterocycles. The van der Waals surface area contributed by atoms with Crippen molar-refractivity contribution >= 4 is 0 Å². The van der Waals surface area contributed by atoms with Crippen molar-refractivity contribution in [1.82, 2.24) is 0 Å². The molecule has 0 aliphatic heterocycles. The highest BCUT2D eigenvalue weighted by Crippen LogP contribution is 2.23. The first kappa shape index (κ1) is 14.9. The molecule has 0 atom stereocenters. The molecule has 2 rings (SSSR count). The van der Waals surface area contributed by atoms with Crippen LogP contribution in [0, 0.1) is 11.8 Å². The van der Waals surface area contributed by atoms with E-state index in [1.165, 1.54) is 32.1 Å². The molecule has 0 saturated heterocycles. The fourth-order valence-electron chi connectivity index (χ4n) is 2.52. The van der Waals surface area contributed by atoms with Gasteiger partial charge in [-0.3, -0.25) is 0 Å². The lowest BCUT2D eigenvalue weighted by Gasteiger charge is -2.22.